The van der Waals surface area contributed by atoms with Gasteiger partial charge in [0, 0.05) is 16.3 Å². The van der Waals surface area contributed by atoms with Crippen LogP contribution in [0.3, 0.4) is 0 Å². The van der Waals surface area contributed by atoms with Crippen molar-refractivity contribution in [3.63, 3.8) is 0 Å². The van der Waals surface area contributed by atoms with Gasteiger partial charge in [-0.2, -0.15) is 0 Å². The number of rotatable bonds is 2. The Kier molecular flexibility index (Phi) is 3.14. The minimum absolute atomic E-state index is 0.170. The summed E-state index contributed by atoms with van der Waals surface area (Å²) in [6, 6.07) is 2.07. The molecule has 1 saturated heterocycles. The van der Waals surface area contributed by atoms with Gasteiger partial charge in [0.1, 0.15) is 5.82 Å². The molecule has 0 saturated carbocycles. The lowest BCUT2D eigenvalue weighted by Gasteiger charge is -2.41. The highest BCUT2D eigenvalue weighted by molar-refractivity contribution is 14.1. The quantitative estimate of drug-likeness (QED) is 0.844. The van der Waals surface area contributed by atoms with Crippen molar-refractivity contribution in [1.29, 1.82) is 0 Å². The molecule has 1 N–H and O–H groups in total. The van der Waals surface area contributed by atoms with Gasteiger partial charge < -0.3 is 10.0 Å². The summed E-state index contributed by atoms with van der Waals surface area (Å²) >= 11 is 8.31. The molecule has 0 bridgehead atoms. The third-order valence-electron chi connectivity index (χ3n) is 2.45. The van der Waals surface area contributed by atoms with E-state index in [0.29, 0.717) is 5.02 Å². The molecule has 1 aliphatic rings. The third-order valence-corrected chi connectivity index (χ3v) is 4.04. The Bertz CT molecular complexity index is 346. The maximum Gasteiger partial charge on any atom is 0.148 e. The zero-order valence-corrected chi connectivity index (χ0v) is 10.4. The molecule has 0 aliphatic carbocycles. The number of hydrogen-bond donors (Lipinski definition) is 1. The van der Waals surface area contributed by atoms with E-state index in [4.69, 9.17) is 16.7 Å². The number of aromatic nitrogens is 1. The first kappa shape index (κ1) is 10.4. The standard InChI is InChI=1S/C9H10ClIN2O/c10-8-7(11)1-3-12-9(8)13-4-2-6(13)5-14/h1,3,6,14H,2,4-5H2/t6-/m0/s1. The molecule has 1 atom stereocenters. The monoisotopic (exact) mass is 324 g/mol. The Balaban J connectivity index is 2.28. The first-order valence-electron chi connectivity index (χ1n) is 4.41. The SMILES string of the molecule is OC[C@@H]1CCN1c1nccc(I)c1Cl. The van der Waals surface area contributed by atoms with Gasteiger partial charge in [-0.15, -0.1) is 0 Å². The average Bonchev–Trinajstić information content (AvgIpc) is 2.12. The third kappa shape index (κ3) is 1.70. The molecule has 14 heavy (non-hydrogen) atoms. The van der Waals surface area contributed by atoms with Crippen LogP contribution in [0.2, 0.25) is 5.02 Å². The van der Waals surface area contributed by atoms with Crippen LogP contribution in [0.4, 0.5) is 5.82 Å². The van der Waals surface area contributed by atoms with Gasteiger partial charge in [0.2, 0.25) is 0 Å². The van der Waals surface area contributed by atoms with Crippen molar-refractivity contribution < 1.29 is 5.11 Å². The normalized spacial score (nSPS) is 20.8. The lowest BCUT2D eigenvalue weighted by Crippen LogP contribution is -2.50. The van der Waals surface area contributed by atoms with Gasteiger partial charge >= 0.3 is 0 Å². The number of hydrogen-bond acceptors (Lipinski definition) is 3. The second-order valence-corrected chi connectivity index (χ2v) is 4.79. The Morgan fingerprint density at radius 2 is 2.50 bits per heavy atom. The van der Waals surface area contributed by atoms with Crippen LogP contribution in [0.15, 0.2) is 12.3 Å². The predicted molar refractivity (Wildman–Crippen MR) is 64.8 cm³/mol. The molecule has 0 radical (unpaired) electrons. The van der Waals surface area contributed by atoms with Gasteiger partial charge in [0.15, 0.2) is 0 Å². The van der Waals surface area contributed by atoms with E-state index in [1.54, 1.807) is 6.20 Å². The second kappa shape index (κ2) is 4.20. The van der Waals surface area contributed by atoms with Crippen molar-refractivity contribution in [2.75, 3.05) is 18.1 Å². The van der Waals surface area contributed by atoms with Crippen LogP contribution < -0.4 is 4.90 Å². The van der Waals surface area contributed by atoms with E-state index in [1.807, 2.05) is 11.0 Å². The molecule has 1 aromatic heterocycles. The molecule has 0 aromatic carbocycles. The lowest BCUT2D eigenvalue weighted by molar-refractivity contribution is 0.225. The van der Waals surface area contributed by atoms with Crippen LogP contribution >= 0.6 is 34.2 Å². The predicted octanol–water partition coefficient (Wildman–Crippen LogP) is 1.91. The highest BCUT2D eigenvalue weighted by Crippen LogP contribution is 2.33. The van der Waals surface area contributed by atoms with Crippen molar-refractivity contribution in [1.82, 2.24) is 4.98 Å². The molecule has 76 valence electrons. The van der Waals surface area contributed by atoms with Crippen LogP contribution in [0.25, 0.3) is 0 Å². The van der Waals surface area contributed by atoms with E-state index >= 15 is 0 Å². The Labute approximate surface area is 101 Å². The van der Waals surface area contributed by atoms with Gasteiger partial charge in [-0.25, -0.2) is 4.98 Å². The molecule has 2 heterocycles. The number of nitrogens with zero attached hydrogens (tertiary/aromatic N) is 2. The summed E-state index contributed by atoms with van der Waals surface area (Å²) in [5.41, 5.74) is 0. The van der Waals surface area contributed by atoms with Crippen LogP contribution in [-0.4, -0.2) is 29.3 Å². The van der Waals surface area contributed by atoms with Crippen molar-refractivity contribution >= 4 is 40.0 Å². The molecule has 5 heteroatoms. The first-order valence-corrected chi connectivity index (χ1v) is 5.87. The smallest absolute Gasteiger partial charge is 0.148 e. The van der Waals surface area contributed by atoms with Gasteiger partial charge in [-0.1, -0.05) is 11.6 Å². The number of aliphatic hydroxyl groups is 1. The van der Waals surface area contributed by atoms with E-state index in [-0.39, 0.29) is 12.6 Å². The molecular formula is C9H10ClIN2O. The van der Waals surface area contributed by atoms with Crippen LogP contribution in [-0.2, 0) is 0 Å². The molecule has 1 fully saturated rings. The van der Waals surface area contributed by atoms with Crippen LogP contribution in [0.5, 0.6) is 0 Å². The maximum atomic E-state index is 9.06. The van der Waals surface area contributed by atoms with E-state index in [2.05, 4.69) is 27.6 Å². The molecule has 1 aromatic rings. The van der Waals surface area contributed by atoms with Crippen molar-refractivity contribution in [3.05, 3.63) is 20.9 Å². The maximum absolute atomic E-state index is 9.06. The summed E-state index contributed by atoms with van der Waals surface area (Å²) in [6.07, 6.45) is 2.76. The minimum atomic E-state index is 0.170. The number of anilines is 1. The topological polar surface area (TPSA) is 36.4 Å². The second-order valence-electron chi connectivity index (χ2n) is 3.25. The molecule has 0 spiro atoms. The van der Waals surface area contributed by atoms with Gasteiger partial charge in [-0.05, 0) is 35.1 Å². The van der Waals surface area contributed by atoms with E-state index in [9.17, 15) is 0 Å². The van der Waals surface area contributed by atoms with Gasteiger partial charge in [-0.3, -0.25) is 0 Å². The fourth-order valence-corrected chi connectivity index (χ4v) is 2.14. The summed E-state index contributed by atoms with van der Waals surface area (Å²) in [4.78, 5) is 6.28. The highest BCUT2D eigenvalue weighted by atomic mass is 127. The molecule has 2 rings (SSSR count). The zero-order valence-electron chi connectivity index (χ0n) is 7.45. The Hall–Kier alpha value is -0.0700. The zero-order chi connectivity index (χ0) is 10.1. The van der Waals surface area contributed by atoms with Gasteiger partial charge in [0.25, 0.3) is 0 Å². The van der Waals surface area contributed by atoms with E-state index in [0.717, 1.165) is 22.4 Å². The summed E-state index contributed by atoms with van der Waals surface area (Å²) in [5, 5.41) is 9.75. The van der Waals surface area contributed by atoms with Gasteiger partial charge in [0.05, 0.1) is 17.7 Å². The number of halogens is 2. The van der Waals surface area contributed by atoms with Crippen molar-refractivity contribution in [2.24, 2.45) is 0 Å². The summed E-state index contributed by atoms with van der Waals surface area (Å²) in [5.74, 6) is 0.795. The summed E-state index contributed by atoms with van der Waals surface area (Å²) < 4.78 is 0.998. The molecular weight excluding hydrogens is 314 g/mol. The molecule has 3 nitrogen and oxygen atoms in total. The summed E-state index contributed by atoms with van der Waals surface area (Å²) in [6.45, 7) is 1.10. The van der Waals surface area contributed by atoms with Crippen LogP contribution in [0, 0.1) is 3.57 Å². The molecule has 0 unspecified atom stereocenters. The largest absolute Gasteiger partial charge is 0.394 e. The molecule has 1 aliphatic heterocycles. The minimum Gasteiger partial charge on any atom is -0.394 e. The highest BCUT2D eigenvalue weighted by Gasteiger charge is 2.30. The van der Waals surface area contributed by atoms with Crippen LogP contribution in [0.1, 0.15) is 6.42 Å². The fourth-order valence-electron chi connectivity index (χ4n) is 1.52. The first-order chi connectivity index (χ1) is 6.74. The van der Waals surface area contributed by atoms with Crippen molar-refractivity contribution in [3.8, 4) is 0 Å². The summed E-state index contributed by atoms with van der Waals surface area (Å²) in [7, 11) is 0. The van der Waals surface area contributed by atoms with E-state index < -0.39 is 0 Å². The lowest BCUT2D eigenvalue weighted by atomic mass is 10.0. The number of pyridine rings is 1. The Morgan fingerprint density at radius 3 is 3.07 bits per heavy atom. The Morgan fingerprint density at radius 1 is 1.71 bits per heavy atom. The van der Waals surface area contributed by atoms with E-state index in [1.165, 1.54) is 0 Å². The molecule has 0 amide bonds. The van der Waals surface area contributed by atoms with Crippen molar-refractivity contribution in [2.45, 2.75) is 12.5 Å². The fraction of sp³-hybridized carbons (Fsp3) is 0.444. The number of aliphatic hydroxyl groups excluding tert-OH is 1. The average molecular weight is 325 g/mol.